The summed E-state index contributed by atoms with van der Waals surface area (Å²) >= 11 is 3.41. The van der Waals surface area contributed by atoms with E-state index in [4.69, 9.17) is 10.5 Å². The molecular weight excluding hydrogens is 316 g/mol. The molecule has 0 atom stereocenters. The largest absolute Gasteiger partial charge is 0.492 e. The van der Waals surface area contributed by atoms with E-state index in [9.17, 15) is 0 Å². The topological polar surface area (TPSA) is 38.5 Å². The monoisotopic (exact) mass is 334 g/mol. The van der Waals surface area contributed by atoms with Crippen molar-refractivity contribution in [1.29, 1.82) is 0 Å². The Balaban J connectivity index is 1.76. The molecule has 0 unspecified atom stereocenters. The minimum Gasteiger partial charge on any atom is -0.492 e. The fraction of sp³-hybridized carbons (Fsp3) is 0.250. The Morgan fingerprint density at radius 2 is 1.80 bits per heavy atom. The number of ether oxygens (including phenoxy) is 1. The molecular formula is C16H19BrN2O. The van der Waals surface area contributed by atoms with Gasteiger partial charge in [-0.25, -0.2) is 0 Å². The second-order valence-electron chi connectivity index (χ2n) is 4.74. The van der Waals surface area contributed by atoms with Crippen LogP contribution in [0, 0.1) is 0 Å². The van der Waals surface area contributed by atoms with Crippen molar-refractivity contribution in [2.24, 2.45) is 0 Å². The Labute approximate surface area is 128 Å². The first kappa shape index (κ1) is 14.9. The van der Waals surface area contributed by atoms with Crippen LogP contribution in [0.15, 0.2) is 53.0 Å². The molecule has 20 heavy (non-hydrogen) atoms. The zero-order valence-electron chi connectivity index (χ0n) is 11.6. The highest BCUT2D eigenvalue weighted by molar-refractivity contribution is 9.10. The van der Waals surface area contributed by atoms with Gasteiger partial charge < -0.3 is 10.5 Å². The van der Waals surface area contributed by atoms with Gasteiger partial charge in [-0.3, -0.25) is 4.90 Å². The molecule has 0 aromatic heterocycles. The molecule has 2 aromatic rings. The first-order chi connectivity index (χ1) is 9.65. The van der Waals surface area contributed by atoms with Gasteiger partial charge in [0.25, 0.3) is 0 Å². The second kappa shape index (κ2) is 7.31. The molecule has 0 saturated carbocycles. The Morgan fingerprint density at radius 1 is 1.10 bits per heavy atom. The molecule has 106 valence electrons. The normalized spacial score (nSPS) is 10.8. The van der Waals surface area contributed by atoms with Crippen molar-refractivity contribution in [3.05, 3.63) is 58.6 Å². The number of likely N-dealkylation sites (N-methyl/N-ethyl adjacent to an activating group) is 1. The maximum absolute atomic E-state index is 5.94. The Bertz CT molecular complexity index is 542. The average molecular weight is 335 g/mol. The summed E-state index contributed by atoms with van der Waals surface area (Å²) < 4.78 is 6.76. The third-order valence-corrected chi connectivity index (χ3v) is 3.58. The molecule has 0 saturated heterocycles. The van der Waals surface area contributed by atoms with Gasteiger partial charge in [0.1, 0.15) is 12.4 Å². The van der Waals surface area contributed by atoms with Gasteiger partial charge >= 0.3 is 0 Å². The first-order valence-electron chi connectivity index (χ1n) is 6.55. The number of nitrogen functional groups attached to an aromatic ring is 1. The first-order valence-corrected chi connectivity index (χ1v) is 7.35. The van der Waals surface area contributed by atoms with Gasteiger partial charge in [-0.15, -0.1) is 0 Å². The molecule has 0 spiro atoms. The lowest BCUT2D eigenvalue weighted by Gasteiger charge is -2.18. The summed E-state index contributed by atoms with van der Waals surface area (Å²) in [5, 5.41) is 0. The Kier molecular flexibility index (Phi) is 5.44. The van der Waals surface area contributed by atoms with Crippen molar-refractivity contribution < 1.29 is 4.74 Å². The fourth-order valence-electron chi connectivity index (χ4n) is 1.90. The molecule has 2 aromatic carbocycles. The lowest BCUT2D eigenvalue weighted by Crippen LogP contribution is -2.24. The highest BCUT2D eigenvalue weighted by atomic mass is 79.9. The van der Waals surface area contributed by atoms with Gasteiger partial charge in [-0.1, -0.05) is 34.1 Å². The smallest absolute Gasteiger partial charge is 0.119 e. The van der Waals surface area contributed by atoms with Crippen LogP contribution >= 0.6 is 15.9 Å². The van der Waals surface area contributed by atoms with Gasteiger partial charge in [0, 0.05) is 23.2 Å². The molecule has 0 radical (unpaired) electrons. The third kappa shape index (κ3) is 4.54. The van der Waals surface area contributed by atoms with Crippen molar-refractivity contribution in [3.63, 3.8) is 0 Å². The molecule has 0 aliphatic heterocycles. The van der Waals surface area contributed by atoms with Crippen molar-refractivity contribution in [3.8, 4) is 5.75 Å². The highest BCUT2D eigenvalue weighted by Crippen LogP contribution is 2.16. The quantitative estimate of drug-likeness (QED) is 0.821. The van der Waals surface area contributed by atoms with Gasteiger partial charge in [0.05, 0.1) is 0 Å². The number of hydrogen-bond donors (Lipinski definition) is 1. The van der Waals surface area contributed by atoms with Crippen molar-refractivity contribution in [1.82, 2.24) is 4.90 Å². The molecule has 0 aliphatic carbocycles. The summed E-state index contributed by atoms with van der Waals surface area (Å²) in [5.41, 5.74) is 7.93. The number of para-hydroxylation sites is 1. The maximum atomic E-state index is 5.94. The zero-order valence-corrected chi connectivity index (χ0v) is 13.1. The Hall–Kier alpha value is -1.52. The zero-order chi connectivity index (χ0) is 14.4. The number of benzene rings is 2. The SMILES string of the molecule is CN(CCOc1ccc(Br)cc1)Cc1ccccc1N. The van der Waals surface area contributed by atoms with Gasteiger partial charge in [-0.2, -0.15) is 0 Å². The molecule has 2 N–H and O–H groups in total. The van der Waals surface area contributed by atoms with E-state index >= 15 is 0 Å². The maximum Gasteiger partial charge on any atom is 0.119 e. The summed E-state index contributed by atoms with van der Waals surface area (Å²) in [7, 11) is 2.07. The Morgan fingerprint density at radius 3 is 2.50 bits per heavy atom. The molecule has 4 heteroatoms. The van der Waals surface area contributed by atoms with E-state index in [2.05, 4.69) is 33.9 Å². The number of nitrogens with zero attached hydrogens (tertiary/aromatic N) is 1. The van der Waals surface area contributed by atoms with Crippen molar-refractivity contribution in [2.75, 3.05) is 25.9 Å². The summed E-state index contributed by atoms with van der Waals surface area (Å²) in [6.07, 6.45) is 0. The number of anilines is 1. The fourth-order valence-corrected chi connectivity index (χ4v) is 2.16. The number of halogens is 1. The van der Waals surface area contributed by atoms with E-state index in [1.54, 1.807) is 0 Å². The van der Waals surface area contributed by atoms with Gasteiger partial charge in [-0.05, 0) is 42.9 Å². The van der Waals surface area contributed by atoms with Gasteiger partial charge in [0.15, 0.2) is 0 Å². The number of nitrogens with two attached hydrogens (primary N) is 1. The summed E-state index contributed by atoms with van der Waals surface area (Å²) in [6, 6.07) is 15.8. The van der Waals surface area contributed by atoms with Crippen LogP contribution in [-0.2, 0) is 6.54 Å². The minimum absolute atomic E-state index is 0.658. The average Bonchev–Trinajstić information content (AvgIpc) is 2.44. The van der Waals surface area contributed by atoms with Crippen LogP contribution in [0.3, 0.4) is 0 Å². The predicted octanol–water partition coefficient (Wildman–Crippen LogP) is 3.54. The number of hydrogen-bond acceptors (Lipinski definition) is 3. The van der Waals surface area contributed by atoms with E-state index in [1.165, 1.54) is 0 Å². The minimum atomic E-state index is 0.658. The van der Waals surface area contributed by atoms with Gasteiger partial charge in [0.2, 0.25) is 0 Å². The lowest BCUT2D eigenvalue weighted by molar-refractivity contribution is 0.233. The van der Waals surface area contributed by atoms with E-state index in [1.807, 2.05) is 42.5 Å². The number of rotatable bonds is 6. The molecule has 0 amide bonds. The molecule has 2 rings (SSSR count). The second-order valence-corrected chi connectivity index (χ2v) is 5.65. The van der Waals surface area contributed by atoms with Crippen LogP contribution < -0.4 is 10.5 Å². The molecule has 0 bridgehead atoms. The van der Waals surface area contributed by atoms with Crippen LogP contribution in [0.2, 0.25) is 0 Å². The summed E-state index contributed by atoms with van der Waals surface area (Å²) in [4.78, 5) is 2.20. The van der Waals surface area contributed by atoms with Crippen LogP contribution in [0.4, 0.5) is 5.69 Å². The molecule has 0 heterocycles. The summed E-state index contributed by atoms with van der Waals surface area (Å²) in [6.45, 7) is 2.34. The van der Waals surface area contributed by atoms with Crippen LogP contribution in [0.25, 0.3) is 0 Å². The molecule has 0 aliphatic rings. The van der Waals surface area contributed by atoms with Crippen molar-refractivity contribution in [2.45, 2.75) is 6.54 Å². The third-order valence-electron chi connectivity index (χ3n) is 3.05. The molecule has 0 fully saturated rings. The highest BCUT2D eigenvalue weighted by Gasteiger charge is 2.03. The van der Waals surface area contributed by atoms with Crippen molar-refractivity contribution >= 4 is 21.6 Å². The van der Waals surface area contributed by atoms with Crippen LogP contribution in [0.5, 0.6) is 5.75 Å². The molecule has 3 nitrogen and oxygen atoms in total. The van der Waals surface area contributed by atoms with E-state index in [0.29, 0.717) is 6.61 Å². The van der Waals surface area contributed by atoms with Crippen LogP contribution in [-0.4, -0.2) is 25.1 Å². The predicted molar refractivity (Wildman–Crippen MR) is 86.8 cm³/mol. The van der Waals surface area contributed by atoms with E-state index in [0.717, 1.165) is 34.6 Å². The standard InChI is InChI=1S/C16H19BrN2O/c1-19(12-13-4-2-3-5-16(13)18)10-11-20-15-8-6-14(17)7-9-15/h2-9H,10-12,18H2,1H3. The van der Waals surface area contributed by atoms with Crippen LogP contribution in [0.1, 0.15) is 5.56 Å². The van der Waals surface area contributed by atoms with E-state index in [-0.39, 0.29) is 0 Å². The summed E-state index contributed by atoms with van der Waals surface area (Å²) in [5.74, 6) is 0.890. The lowest BCUT2D eigenvalue weighted by atomic mass is 10.2. The van der Waals surface area contributed by atoms with E-state index < -0.39 is 0 Å².